The molecule has 3 aromatic heterocycles. The van der Waals surface area contributed by atoms with E-state index in [-0.39, 0.29) is 56.0 Å². The van der Waals surface area contributed by atoms with Crippen LogP contribution < -0.4 is 26.2 Å². The minimum absolute atomic E-state index is 0.0119. The first-order valence-electron chi connectivity index (χ1n) is 21.2. The number of ether oxygens (including phenoxy) is 1. The smallest absolute Gasteiger partial charge is 0.294 e. The van der Waals surface area contributed by atoms with Gasteiger partial charge in [-0.3, -0.25) is 53.7 Å². The zero-order valence-corrected chi connectivity index (χ0v) is 35.1. The minimum Gasteiger partial charge on any atom is -0.459 e. The van der Waals surface area contributed by atoms with Crippen molar-refractivity contribution in [2.45, 2.75) is 31.0 Å². The highest BCUT2D eigenvalue weighted by atomic mass is 16.5. The van der Waals surface area contributed by atoms with Crippen molar-refractivity contribution in [1.29, 1.82) is 0 Å². The normalized spacial score (nSPS) is 15.6. The van der Waals surface area contributed by atoms with Gasteiger partial charge in [-0.1, -0.05) is 60.7 Å². The molecule has 332 valence electrons. The van der Waals surface area contributed by atoms with Crippen molar-refractivity contribution in [2.24, 2.45) is 0 Å². The summed E-state index contributed by atoms with van der Waals surface area (Å²) in [6.07, 6.45) is 4.45. The Hall–Kier alpha value is -8.44. The van der Waals surface area contributed by atoms with Crippen LogP contribution in [0.25, 0.3) is 21.9 Å². The lowest BCUT2D eigenvalue weighted by atomic mass is 10.0. The number of furan rings is 2. The van der Waals surface area contributed by atoms with Gasteiger partial charge in [-0.2, -0.15) is 0 Å². The Morgan fingerprint density at radius 1 is 0.803 bits per heavy atom. The van der Waals surface area contributed by atoms with Gasteiger partial charge in [-0.05, 0) is 60.5 Å². The molecule has 0 aliphatic carbocycles. The quantitative estimate of drug-likeness (QED) is 0.0701. The standard InChI is InChI=1S/C49H41N7O10/c57-40-20-19-36(44(58)53-40)56-47(61)34-13-6-14-35(41(34)49(56)63)51-22-25-64-26-23-52-45(59)42(29-9-2-1-3-10-29)54-46(60)43(30-11-7-21-50-28-30)55(48(62)38-16-8-24-65-38)31-17-18-33-32-12-4-5-15-37(32)66-39(33)27-31/h1-18,21,24,27-28,36,42-43,51H,19-20,22-23,25-26H2,(H,52,59)(H,54,60)(H,53,57,58)/t36?,42-,43?/m0/s1. The number of carbonyl (C=O) groups excluding carboxylic acids is 7. The summed E-state index contributed by atoms with van der Waals surface area (Å²) in [7, 11) is 0. The number of pyridine rings is 1. The molecule has 4 N–H and O–H groups in total. The maximum atomic E-state index is 14.9. The van der Waals surface area contributed by atoms with E-state index in [2.05, 4.69) is 26.3 Å². The third kappa shape index (κ3) is 8.49. The number of amides is 7. The highest BCUT2D eigenvalue weighted by Gasteiger charge is 2.45. The van der Waals surface area contributed by atoms with Crippen molar-refractivity contribution in [3.05, 3.63) is 162 Å². The van der Waals surface area contributed by atoms with Gasteiger partial charge in [0.25, 0.3) is 17.7 Å². The van der Waals surface area contributed by atoms with Gasteiger partial charge in [0.1, 0.15) is 29.3 Å². The Bertz CT molecular complexity index is 2990. The topological polar surface area (TPSA) is 222 Å². The number of hydrogen-bond donors (Lipinski definition) is 4. The number of rotatable bonds is 16. The lowest BCUT2D eigenvalue weighted by Crippen LogP contribution is -2.54. The largest absolute Gasteiger partial charge is 0.459 e. The Morgan fingerprint density at radius 3 is 2.38 bits per heavy atom. The molecule has 0 spiro atoms. The van der Waals surface area contributed by atoms with Crippen LogP contribution in [-0.4, -0.2) is 83.6 Å². The van der Waals surface area contributed by atoms with Crippen LogP contribution in [0.2, 0.25) is 0 Å². The maximum Gasteiger partial charge on any atom is 0.294 e. The Morgan fingerprint density at radius 2 is 1.59 bits per heavy atom. The summed E-state index contributed by atoms with van der Waals surface area (Å²) in [5, 5.41) is 12.8. The number of fused-ring (bicyclic) bond motifs is 4. The Labute approximate surface area is 376 Å². The number of piperidine rings is 1. The second-order valence-electron chi connectivity index (χ2n) is 15.5. The lowest BCUT2D eigenvalue weighted by molar-refractivity contribution is -0.136. The molecule has 9 rings (SSSR count). The van der Waals surface area contributed by atoms with Crippen LogP contribution in [0.1, 0.15) is 67.3 Å². The van der Waals surface area contributed by atoms with Crippen molar-refractivity contribution in [1.82, 2.24) is 25.8 Å². The molecule has 3 atom stereocenters. The van der Waals surface area contributed by atoms with Crippen LogP contribution in [0.4, 0.5) is 11.4 Å². The molecule has 2 unspecified atom stereocenters. The molecule has 7 amide bonds. The number of nitrogens with one attached hydrogen (secondary N) is 4. The average molecular weight is 888 g/mol. The van der Waals surface area contributed by atoms with E-state index in [9.17, 15) is 33.6 Å². The number of para-hydroxylation sites is 1. The monoisotopic (exact) mass is 887 g/mol. The maximum absolute atomic E-state index is 14.9. The molecule has 66 heavy (non-hydrogen) atoms. The molecule has 0 bridgehead atoms. The molecular weight excluding hydrogens is 847 g/mol. The first-order chi connectivity index (χ1) is 32.2. The van der Waals surface area contributed by atoms with E-state index < -0.39 is 59.5 Å². The highest BCUT2D eigenvalue weighted by molar-refractivity contribution is 6.25. The van der Waals surface area contributed by atoms with Gasteiger partial charge in [-0.25, -0.2) is 0 Å². The summed E-state index contributed by atoms with van der Waals surface area (Å²) in [5.74, 6) is -4.29. The number of nitrogens with zero attached hydrogens (tertiary/aromatic N) is 3. The molecule has 17 nitrogen and oxygen atoms in total. The first-order valence-corrected chi connectivity index (χ1v) is 21.2. The Balaban J connectivity index is 0.883. The number of benzene rings is 4. The summed E-state index contributed by atoms with van der Waals surface area (Å²) in [6, 6.07) is 29.0. The number of imide groups is 2. The summed E-state index contributed by atoms with van der Waals surface area (Å²) in [5.41, 5.74) is 2.95. The van der Waals surface area contributed by atoms with E-state index in [1.807, 2.05) is 30.3 Å². The van der Waals surface area contributed by atoms with Gasteiger partial charge >= 0.3 is 0 Å². The number of hydrogen-bond acceptors (Lipinski definition) is 12. The summed E-state index contributed by atoms with van der Waals surface area (Å²) < 4.78 is 17.5. The van der Waals surface area contributed by atoms with E-state index >= 15 is 0 Å². The second kappa shape index (κ2) is 18.7. The molecule has 0 radical (unpaired) electrons. The fourth-order valence-electron chi connectivity index (χ4n) is 8.26. The molecule has 4 aromatic carbocycles. The van der Waals surface area contributed by atoms with Crippen LogP contribution in [0.5, 0.6) is 0 Å². The van der Waals surface area contributed by atoms with Crippen molar-refractivity contribution >= 4 is 74.7 Å². The highest BCUT2D eigenvalue weighted by Crippen LogP contribution is 2.36. The lowest BCUT2D eigenvalue weighted by Gasteiger charge is -2.32. The van der Waals surface area contributed by atoms with Crippen LogP contribution in [0.15, 0.2) is 143 Å². The molecule has 0 saturated carbocycles. The number of anilines is 2. The summed E-state index contributed by atoms with van der Waals surface area (Å²) >= 11 is 0. The van der Waals surface area contributed by atoms with Gasteiger partial charge in [0.15, 0.2) is 5.76 Å². The predicted octanol–water partition coefficient (Wildman–Crippen LogP) is 5.47. The van der Waals surface area contributed by atoms with E-state index in [0.29, 0.717) is 33.7 Å². The summed E-state index contributed by atoms with van der Waals surface area (Å²) in [6.45, 7) is 0.493. The van der Waals surface area contributed by atoms with Crippen LogP contribution in [0, 0.1) is 0 Å². The molecular formula is C49H41N7O10. The molecule has 17 heteroatoms. The SMILES string of the molecule is O=C1CCC(N2C(=O)c3cccc(NCCOCCNC(=O)[C@@H](NC(=O)C(c4cccnc4)N(C(=O)c4ccco4)c4ccc5c(c4)oc4ccccc45)c4ccccc4)c3C2=O)C(=O)N1. The number of aromatic nitrogens is 1. The minimum atomic E-state index is -1.35. The van der Waals surface area contributed by atoms with Crippen LogP contribution in [0.3, 0.4) is 0 Å². The summed E-state index contributed by atoms with van der Waals surface area (Å²) in [4.78, 5) is 101. The van der Waals surface area contributed by atoms with Gasteiger partial charge in [-0.15, -0.1) is 0 Å². The predicted molar refractivity (Wildman–Crippen MR) is 239 cm³/mol. The molecule has 1 fully saturated rings. The average Bonchev–Trinajstić information content (AvgIpc) is 4.07. The van der Waals surface area contributed by atoms with Gasteiger partial charge < -0.3 is 29.5 Å². The van der Waals surface area contributed by atoms with Crippen molar-refractivity contribution in [3.8, 4) is 0 Å². The zero-order valence-electron chi connectivity index (χ0n) is 35.1. The van der Waals surface area contributed by atoms with Crippen molar-refractivity contribution in [3.63, 3.8) is 0 Å². The van der Waals surface area contributed by atoms with Gasteiger partial charge in [0.05, 0.1) is 30.6 Å². The van der Waals surface area contributed by atoms with E-state index in [1.165, 1.54) is 29.5 Å². The van der Waals surface area contributed by atoms with E-state index in [4.69, 9.17) is 13.6 Å². The van der Waals surface area contributed by atoms with E-state index in [1.54, 1.807) is 79.0 Å². The fraction of sp³-hybridized carbons (Fsp3) is 0.184. The molecule has 2 aliphatic heterocycles. The number of carbonyl (C=O) groups is 7. The van der Waals surface area contributed by atoms with Gasteiger partial charge in [0.2, 0.25) is 23.6 Å². The van der Waals surface area contributed by atoms with E-state index in [0.717, 1.165) is 15.7 Å². The first kappa shape index (κ1) is 42.8. The second-order valence-corrected chi connectivity index (χ2v) is 15.5. The molecule has 7 aromatic rings. The van der Waals surface area contributed by atoms with Crippen molar-refractivity contribution in [2.75, 3.05) is 36.5 Å². The third-order valence-corrected chi connectivity index (χ3v) is 11.4. The molecule has 2 aliphatic rings. The van der Waals surface area contributed by atoms with Crippen molar-refractivity contribution < 1.29 is 47.1 Å². The van der Waals surface area contributed by atoms with Crippen LogP contribution in [-0.2, 0) is 23.9 Å². The van der Waals surface area contributed by atoms with Gasteiger partial charge in [0, 0.05) is 65.7 Å². The fourth-order valence-corrected chi connectivity index (χ4v) is 8.26. The molecule has 1 saturated heterocycles. The molecule has 5 heterocycles. The Kier molecular flexibility index (Phi) is 12.2. The third-order valence-electron chi connectivity index (χ3n) is 11.4. The zero-order chi connectivity index (χ0) is 45.7. The van der Waals surface area contributed by atoms with Crippen LogP contribution >= 0.6 is 0 Å².